The second-order valence-corrected chi connectivity index (χ2v) is 5.95. The lowest BCUT2D eigenvalue weighted by Gasteiger charge is -1.96. The van der Waals surface area contributed by atoms with Crippen molar-refractivity contribution >= 4 is 50.3 Å². The number of para-hydroxylation sites is 1. The van der Waals surface area contributed by atoms with Gasteiger partial charge in [-0.2, -0.15) is 0 Å². The van der Waals surface area contributed by atoms with Crippen molar-refractivity contribution in [1.29, 1.82) is 0 Å². The van der Waals surface area contributed by atoms with Crippen molar-refractivity contribution in [2.24, 2.45) is 0 Å². The quantitative estimate of drug-likeness (QED) is 0.704. The minimum atomic E-state index is -0.399. The number of anilines is 1. The van der Waals surface area contributed by atoms with Crippen LogP contribution in [0.2, 0.25) is 5.02 Å². The average molecular weight is 333 g/mol. The molecule has 2 aromatic carbocycles. The summed E-state index contributed by atoms with van der Waals surface area (Å²) in [5, 5.41) is 3.59. The number of thiazole rings is 1. The molecule has 0 unspecified atom stereocenters. The summed E-state index contributed by atoms with van der Waals surface area (Å²) in [6, 6.07) is 11.9. The van der Waals surface area contributed by atoms with Gasteiger partial charge in [0.1, 0.15) is 11.3 Å². The number of amides is 1. The molecular formula is C16H10ClFN2OS. The fraction of sp³-hybridized carbons (Fsp3) is 0. The molecule has 0 atom stereocenters. The number of nitrogens with zero attached hydrogens (tertiary/aromatic N) is 1. The van der Waals surface area contributed by atoms with Gasteiger partial charge in [0, 0.05) is 11.1 Å². The number of carbonyl (C=O) groups is 1. The van der Waals surface area contributed by atoms with E-state index in [0.717, 1.165) is 5.56 Å². The van der Waals surface area contributed by atoms with Crippen LogP contribution in [0.3, 0.4) is 0 Å². The molecule has 0 saturated carbocycles. The third kappa shape index (κ3) is 3.32. The van der Waals surface area contributed by atoms with E-state index in [1.54, 1.807) is 36.4 Å². The molecule has 0 saturated heterocycles. The van der Waals surface area contributed by atoms with E-state index in [-0.39, 0.29) is 11.4 Å². The summed E-state index contributed by atoms with van der Waals surface area (Å²) < 4.78 is 14.2. The number of aromatic nitrogens is 1. The molecule has 6 heteroatoms. The second kappa shape index (κ2) is 6.25. The van der Waals surface area contributed by atoms with Gasteiger partial charge in [-0.25, -0.2) is 9.37 Å². The van der Waals surface area contributed by atoms with E-state index in [2.05, 4.69) is 10.3 Å². The predicted molar refractivity (Wildman–Crippen MR) is 88.7 cm³/mol. The van der Waals surface area contributed by atoms with Gasteiger partial charge in [-0.05, 0) is 35.9 Å². The predicted octanol–water partition coefficient (Wildman–Crippen LogP) is 4.74. The first-order valence-electron chi connectivity index (χ1n) is 6.41. The van der Waals surface area contributed by atoms with Crippen LogP contribution >= 0.6 is 22.9 Å². The third-order valence-electron chi connectivity index (χ3n) is 2.88. The van der Waals surface area contributed by atoms with Crippen LogP contribution in [0, 0.1) is 5.82 Å². The standard InChI is InChI=1S/C16H10ClFN2OS/c17-11-4-1-3-10(9-11)7-8-14(21)19-16-20-15-12(18)5-2-6-13(15)22-16/h1-9H,(H,19,20,21)/b8-7+. The molecular weight excluding hydrogens is 323 g/mol. The van der Waals surface area contributed by atoms with Gasteiger partial charge in [-0.15, -0.1) is 0 Å². The Hall–Kier alpha value is -2.24. The van der Waals surface area contributed by atoms with Crippen molar-refractivity contribution in [2.75, 3.05) is 5.32 Å². The van der Waals surface area contributed by atoms with Gasteiger partial charge in [0.15, 0.2) is 5.13 Å². The second-order valence-electron chi connectivity index (χ2n) is 4.48. The minimum absolute atomic E-state index is 0.265. The molecule has 0 aliphatic rings. The summed E-state index contributed by atoms with van der Waals surface area (Å²) >= 11 is 7.10. The minimum Gasteiger partial charge on any atom is -0.298 e. The van der Waals surface area contributed by atoms with Crippen molar-refractivity contribution < 1.29 is 9.18 Å². The van der Waals surface area contributed by atoms with Gasteiger partial charge in [-0.1, -0.05) is 41.1 Å². The van der Waals surface area contributed by atoms with Crippen LogP contribution in [0.1, 0.15) is 5.56 Å². The zero-order valence-corrected chi connectivity index (χ0v) is 12.8. The van der Waals surface area contributed by atoms with E-state index in [1.165, 1.54) is 23.5 Å². The Morgan fingerprint density at radius 1 is 1.27 bits per heavy atom. The number of hydrogen-bond donors (Lipinski definition) is 1. The largest absolute Gasteiger partial charge is 0.298 e. The number of benzene rings is 2. The maximum atomic E-state index is 13.5. The molecule has 0 fully saturated rings. The Bertz CT molecular complexity index is 875. The SMILES string of the molecule is O=C(/C=C/c1cccc(Cl)c1)Nc1nc2c(F)cccc2s1. The maximum absolute atomic E-state index is 13.5. The number of carbonyl (C=O) groups excluding carboxylic acids is 1. The Balaban J connectivity index is 1.74. The highest BCUT2D eigenvalue weighted by Gasteiger charge is 2.09. The van der Waals surface area contributed by atoms with Crippen molar-refractivity contribution in [3.8, 4) is 0 Å². The van der Waals surface area contributed by atoms with Crippen LogP contribution in [0.25, 0.3) is 16.3 Å². The molecule has 0 aliphatic heterocycles. The van der Waals surface area contributed by atoms with E-state index < -0.39 is 5.82 Å². The first-order valence-corrected chi connectivity index (χ1v) is 7.61. The lowest BCUT2D eigenvalue weighted by Crippen LogP contribution is -2.07. The first-order chi connectivity index (χ1) is 10.6. The number of halogens is 2. The molecule has 3 nitrogen and oxygen atoms in total. The summed E-state index contributed by atoms with van der Waals surface area (Å²) in [7, 11) is 0. The molecule has 1 N–H and O–H groups in total. The van der Waals surface area contributed by atoms with Crippen LogP contribution in [-0.4, -0.2) is 10.9 Å². The number of hydrogen-bond acceptors (Lipinski definition) is 3. The van der Waals surface area contributed by atoms with Crippen LogP contribution in [0.15, 0.2) is 48.5 Å². The topological polar surface area (TPSA) is 42.0 Å². The molecule has 0 spiro atoms. The normalized spacial score (nSPS) is 11.2. The molecule has 3 rings (SSSR count). The van der Waals surface area contributed by atoms with Crippen LogP contribution < -0.4 is 5.32 Å². The van der Waals surface area contributed by atoms with Crippen molar-refractivity contribution in [3.63, 3.8) is 0 Å². The molecule has 0 aliphatic carbocycles. The van der Waals surface area contributed by atoms with Crippen molar-refractivity contribution in [2.45, 2.75) is 0 Å². The highest BCUT2D eigenvalue weighted by Crippen LogP contribution is 2.27. The monoisotopic (exact) mass is 332 g/mol. The van der Waals surface area contributed by atoms with Gasteiger partial charge in [0.25, 0.3) is 0 Å². The first kappa shape index (κ1) is 14.7. The highest BCUT2D eigenvalue weighted by atomic mass is 35.5. The molecule has 3 aromatic rings. The zero-order chi connectivity index (χ0) is 15.5. The van der Waals surface area contributed by atoms with Gasteiger partial charge in [0.2, 0.25) is 5.91 Å². The maximum Gasteiger partial charge on any atom is 0.250 e. The van der Waals surface area contributed by atoms with Gasteiger partial charge in [0.05, 0.1) is 4.70 Å². The molecule has 0 radical (unpaired) electrons. The lowest BCUT2D eigenvalue weighted by molar-refractivity contribution is -0.111. The number of rotatable bonds is 3. The van der Waals surface area contributed by atoms with Crippen LogP contribution in [-0.2, 0) is 4.79 Å². The highest BCUT2D eigenvalue weighted by molar-refractivity contribution is 7.22. The molecule has 0 bridgehead atoms. The third-order valence-corrected chi connectivity index (χ3v) is 4.05. The smallest absolute Gasteiger partial charge is 0.250 e. The van der Waals surface area contributed by atoms with E-state index in [4.69, 9.17) is 11.6 Å². The summed E-state index contributed by atoms with van der Waals surface area (Å²) in [6.45, 7) is 0. The number of fused-ring (bicyclic) bond motifs is 1. The molecule has 1 amide bonds. The summed E-state index contributed by atoms with van der Waals surface area (Å²) in [4.78, 5) is 16.0. The fourth-order valence-corrected chi connectivity index (χ4v) is 2.98. The summed E-state index contributed by atoms with van der Waals surface area (Å²) in [5.41, 5.74) is 1.08. The van der Waals surface area contributed by atoms with Crippen molar-refractivity contribution in [3.05, 3.63) is 64.9 Å². The molecule has 22 heavy (non-hydrogen) atoms. The Kier molecular flexibility index (Phi) is 4.18. The summed E-state index contributed by atoms with van der Waals surface area (Å²) in [5.74, 6) is -0.733. The Labute approximate surface area is 135 Å². The van der Waals surface area contributed by atoms with E-state index >= 15 is 0 Å². The average Bonchev–Trinajstić information content (AvgIpc) is 2.89. The van der Waals surface area contributed by atoms with Crippen LogP contribution in [0.4, 0.5) is 9.52 Å². The Morgan fingerprint density at radius 3 is 2.86 bits per heavy atom. The zero-order valence-electron chi connectivity index (χ0n) is 11.2. The molecule has 1 heterocycles. The van der Waals surface area contributed by atoms with E-state index in [1.807, 2.05) is 6.07 Å². The Morgan fingerprint density at radius 2 is 2.09 bits per heavy atom. The van der Waals surface area contributed by atoms with Crippen molar-refractivity contribution in [1.82, 2.24) is 4.98 Å². The lowest BCUT2D eigenvalue weighted by atomic mass is 10.2. The van der Waals surface area contributed by atoms with Crippen LogP contribution in [0.5, 0.6) is 0 Å². The summed E-state index contributed by atoms with van der Waals surface area (Å²) in [6.07, 6.45) is 3.03. The van der Waals surface area contributed by atoms with Gasteiger partial charge >= 0.3 is 0 Å². The van der Waals surface area contributed by atoms with E-state index in [0.29, 0.717) is 14.9 Å². The molecule has 1 aromatic heterocycles. The van der Waals surface area contributed by atoms with Gasteiger partial charge in [-0.3, -0.25) is 10.1 Å². The molecule has 110 valence electrons. The fourth-order valence-electron chi connectivity index (χ4n) is 1.90. The van der Waals surface area contributed by atoms with Gasteiger partial charge < -0.3 is 0 Å². The number of nitrogens with one attached hydrogen (secondary N) is 1. The van der Waals surface area contributed by atoms with E-state index in [9.17, 15) is 9.18 Å².